The Kier molecular flexibility index (Phi) is 5.64. The number of benzene rings is 2. The van der Waals surface area contributed by atoms with Crippen LogP contribution in [-0.2, 0) is 16.7 Å². The molecule has 0 atom stereocenters. The molecule has 0 spiro atoms. The minimum Gasteiger partial charge on any atom is -0.282 e. The first-order chi connectivity index (χ1) is 14.0. The van der Waals surface area contributed by atoms with Gasteiger partial charge < -0.3 is 0 Å². The second kappa shape index (κ2) is 8.19. The van der Waals surface area contributed by atoms with E-state index in [1.165, 1.54) is 0 Å². The topological polar surface area (TPSA) is 63.4 Å². The van der Waals surface area contributed by atoms with E-state index in [4.69, 9.17) is 12.2 Å². The van der Waals surface area contributed by atoms with Gasteiger partial charge in [0.1, 0.15) is 6.33 Å². The van der Waals surface area contributed by atoms with Crippen LogP contribution in [0.3, 0.4) is 0 Å². The molecule has 0 saturated carbocycles. The molecule has 0 aliphatic carbocycles. The molecule has 1 saturated heterocycles. The van der Waals surface area contributed by atoms with Gasteiger partial charge in [0.25, 0.3) is 0 Å². The molecule has 1 fully saturated rings. The quantitative estimate of drug-likeness (QED) is 0.584. The summed E-state index contributed by atoms with van der Waals surface area (Å²) in [6.07, 6.45) is 1.74. The molecule has 1 aliphatic heterocycles. The molecule has 0 radical (unpaired) electrons. The summed E-state index contributed by atoms with van der Waals surface area (Å²) in [6, 6.07) is 16.6. The zero-order chi connectivity index (χ0) is 20.4. The van der Waals surface area contributed by atoms with Crippen molar-refractivity contribution in [2.24, 2.45) is 0 Å². The fourth-order valence-electron chi connectivity index (χ4n) is 3.48. The van der Waals surface area contributed by atoms with Gasteiger partial charge in [-0.05, 0) is 42.9 Å². The summed E-state index contributed by atoms with van der Waals surface area (Å²) in [7, 11) is -3.44. The molecule has 29 heavy (non-hydrogen) atoms. The molecule has 152 valence electrons. The van der Waals surface area contributed by atoms with Crippen molar-refractivity contribution in [1.82, 2.24) is 23.6 Å². The lowest BCUT2D eigenvalue weighted by atomic mass is 10.2. The number of para-hydroxylation sites is 1. The molecule has 0 amide bonds. The van der Waals surface area contributed by atoms with Gasteiger partial charge in [0.05, 0.1) is 17.3 Å². The summed E-state index contributed by atoms with van der Waals surface area (Å²) in [5.74, 6) is 0. The highest BCUT2D eigenvalue weighted by Gasteiger charge is 2.28. The lowest BCUT2D eigenvalue weighted by Gasteiger charge is -2.33. The Morgan fingerprint density at radius 1 is 0.966 bits per heavy atom. The fraction of sp³-hybridized carbons (Fsp3) is 0.300. The zero-order valence-electron chi connectivity index (χ0n) is 16.2. The van der Waals surface area contributed by atoms with Gasteiger partial charge in [-0.2, -0.15) is 9.40 Å². The molecule has 7 nitrogen and oxygen atoms in total. The molecule has 2 aromatic carbocycles. The van der Waals surface area contributed by atoms with Crippen LogP contribution < -0.4 is 0 Å². The van der Waals surface area contributed by atoms with Gasteiger partial charge in [-0.1, -0.05) is 36.4 Å². The molecule has 2 heterocycles. The number of piperazine rings is 1. The Labute approximate surface area is 175 Å². The maximum atomic E-state index is 12.8. The molecule has 0 bridgehead atoms. The van der Waals surface area contributed by atoms with Gasteiger partial charge in [0, 0.05) is 26.2 Å². The maximum absolute atomic E-state index is 12.8. The van der Waals surface area contributed by atoms with Crippen molar-refractivity contribution in [2.75, 3.05) is 26.2 Å². The highest BCUT2D eigenvalue weighted by atomic mass is 32.2. The molecular weight excluding hydrogens is 406 g/mol. The zero-order valence-corrected chi connectivity index (χ0v) is 17.8. The number of sulfonamides is 1. The van der Waals surface area contributed by atoms with Crippen molar-refractivity contribution in [3.8, 4) is 5.69 Å². The standard InChI is InChI=1S/C20H23N5O2S2/c1-17-7-5-6-10-19(17)24-15-21-25(20(24)28)16-22-11-13-23(14-12-22)29(26,27)18-8-3-2-4-9-18/h2-10,15H,11-14,16H2,1H3. The molecule has 9 heteroatoms. The Morgan fingerprint density at radius 2 is 1.62 bits per heavy atom. The van der Waals surface area contributed by atoms with Crippen molar-refractivity contribution in [1.29, 1.82) is 0 Å². The number of hydrogen-bond donors (Lipinski definition) is 0. The number of hydrogen-bond acceptors (Lipinski definition) is 5. The van der Waals surface area contributed by atoms with Crippen molar-refractivity contribution in [2.45, 2.75) is 18.5 Å². The van der Waals surface area contributed by atoms with E-state index in [2.05, 4.69) is 10.00 Å². The van der Waals surface area contributed by atoms with E-state index in [1.807, 2.05) is 41.8 Å². The second-order valence-electron chi connectivity index (χ2n) is 7.05. The Hall–Kier alpha value is -2.33. The van der Waals surface area contributed by atoms with Crippen molar-refractivity contribution < 1.29 is 8.42 Å². The molecule has 0 unspecified atom stereocenters. The lowest BCUT2D eigenvalue weighted by molar-refractivity contribution is 0.144. The van der Waals surface area contributed by atoms with E-state index in [1.54, 1.807) is 39.6 Å². The van der Waals surface area contributed by atoms with Gasteiger partial charge in [-0.15, -0.1) is 0 Å². The van der Waals surface area contributed by atoms with E-state index < -0.39 is 10.0 Å². The Balaban J connectivity index is 1.43. The van der Waals surface area contributed by atoms with E-state index in [-0.39, 0.29) is 0 Å². The predicted molar refractivity (Wildman–Crippen MR) is 114 cm³/mol. The number of rotatable bonds is 5. The minimum atomic E-state index is -3.44. The van der Waals surface area contributed by atoms with Crippen LogP contribution in [0.15, 0.2) is 65.8 Å². The number of aryl methyl sites for hydroxylation is 1. The SMILES string of the molecule is Cc1ccccc1-n1cnn(CN2CCN(S(=O)(=O)c3ccccc3)CC2)c1=S. The summed E-state index contributed by atoms with van der Waals surface area (Å²) in [5, 5.41) is 4.44. The van der Waals surface area contributed by atoms with Crippen LogP contribution in [0.2, 0.25) is 0 Å². The van der Waals surface area contributed by atoms with Crippen molar-refractivity contribution >= 4 is 22.2 Å². The largest absolute Gasteiger partial charge is 0.282 e. The first-order valence-corrected chi connectivity index (χ1v) is 11.3. The van der Waals surface area contributed by atoms with Crippen molar-refractivity contribution in [3.05, 3.63) is 71.3 Å². The van der Waals surface area contributed by atoms with Gasteiger partial charge in [0.2, 0.25) is 14.8 Å². The molecule has 0 N–H and O–H groups in total. The van der Waals surface area contributed by atoms with Gasteiger partial charge in [0.15, 0.2) is 0 Å². The third-order valence-corrected chi connectivity index (χ3v) is 7.47. The number of nitrogens with zero attached hydrogens (tertiary/aromatic N) is 5. The van der Waals surface area contributed by atoms with Crippen LogP contribution in [0.4, 0.5) is 0 Å². The summed E-state index contributed by atoms with van der Waals surface area (Å²) in [4.78, 5) is 2.51. The summed E-state index contributed by atoms with van der Waals surface area (Å²) in [6.45, 7) is 4.74. The lowest BCUT2D eigenvalue weighted by Crippen LogP contribution is -2.48. The maximum Gasteiger partial charge on any atom is 0.243 e. The van der Waals surface area contributed by atoms with Crippen LogP contribution in [0.1, 0.15) is 5.56 Å². The molecule has 1 aliphatic rings. The first kappa shape index (κ1) is 20.0. The van der Waals surface area contributed by atoms with E-state index in [9.17, 15) is 8.42 Å². The summed E-state index contributed by atoms with van der Waals surface area (Å²) in [5.41, 5.74) is 2.14. The Morgan fingerprint density at radius 3 is 2.31 bits per heavy atom. The van der Waals surface area contributed by atoms with E-state index in [0.717, 1.165) is 11.3 Å². The van der Waals surface area contributed by atoms with Gasteiger partial charge in [-0.25, -0.2) is 13.1 Å². The molecule has 3 aromatic rings. The Bertz CT molecular complexity index is 1150. The number of aromatic nitrogens is 3. The van der Waals surface area contributed by atoms with Gasteiger partial charge in [-0.3, -0.25) is 9.47 Å². The van der Waals surface area contributed by atoms with Crippen LogP contribution in [0.5, 0.6) is 0 Å². The monoisotopic (exact) mass is 429 g/mol. The third kappa shape index (κ3) is 4.04. The van der Waals surface area contributed by atoms with Gasteiger partial charge >= 0.3 is 0 Å². The fourth-order valence-corrected chi connectivity index (χ4v) is 5.17. The van der Waals surface area contributed by atoms with Crippen molar-refractivity contribution in [3.63, 3.8) is 0 Å². The minimum absolute atomic E-state index is 0.340. The smallest absolute Gasteiger partial charge is 0.243 e. The van der Waals surface area contributed by atoms with E-state index >= 15 is 0 Å². The van der Waals surface area contributed by atoms with Crippen LogP contribution in [0, 0.1) is 11.7 Å². The van der Waals surface area contributed by atoms with Crippen LogP contribution in [0.25, 0.3) is 5.69 Å². The summed E-state index contributed by atoms with van der Waals surface area (Å²) < 4.78 is 31.4. The third-order valence-electron chi connectivity index (χ3n) is 5.15. The van der Waals surface area contributed by atoms with Crippen LogP contribution >= 0.6 is 12.2 Å². The molecule has 4 rings (SSSR count). The second-order valence-corrected chi connectivity index (χ2v) is 9.35. The first-order valence-electron chi connectivity index (χ1n) is 9.45. The van der Waals surface area contributed by atoms with Crippen LogP contribution in [-0.4, -0.2) is 58.1 Å². The average Bonchev–Trinajstić information content (AvgIpc) is 3.09. The normalized spacial score (nSPS) is 16.2. The van der Waals surface area contributed by atoms with E-state index in [0.29, 0.717) is 42.5 Å². The molecular formula is C20H23N5O2S2. The highest BCUT2D eigenvalue weighted by molar-refractivity contribution is 7.89. The molecule has 1 aromatic heterocycles. The summed E-state index contributed by atoms with van der Waals surface area (Å²) >= 11 is 5.61. The predicted octanol–water partition coefficient (Wildman–Crippen LogP) is 2.68. The highest BCUT2D eigenvalue weighted by Crippen LogP contribution is 2.18. The average molecular weight is 430 g/mol.